The Kier molecular flexibility index (Phi) is 7.42. The molecule has 1 fully saturated rings. The zero-order chi connectivity index (χ0) is 24.5. The number of likely N-dealkylation sites (N-methyl/N-ethyl adjacent to an activating group) is 1. The van der Waals surface area contributed by atoms with Crippen LogP contribution in [0.3, 0.4) is 0 Å². The second-order valence-corrected chi connectivity index (χ2v) is 11.9. The third kappa shape index (κ3) is 4.91. The summed E-state index contributed by atoms with van der Waals surface area (Å²) in [6.07, 6.45) is 3.45. The molecule has 1 saturated heterocycles. The van der Waals surface area contributed by atoms with Crippen molar-refractivity contribution in [3.05, 3.63) is 45.8 Å². The van der Waals surface area contributed by atoms with Gasteiger partial charge in [0.2, 0.25) is 10.0 Å². The predicted molar refractivity (Wildman–Crippen MR) is 132 cm³/mol. The first-order valence-corrected chi connectivity index (χ1v) is 13.9. The third-order valence-electron chi connectivity index (χ3n) is 6.42. The monoisotopic (exact) mass is 505 g/mol. The van der Waals surface area contributed by atoms with E-state index in [1.807, 2.05) is 14.0 Å². The average molecular weight is 506 g/mol. The number of carbonyl (C=O) groups excluding carboxylic acids is 2. The Hall–Kier alpha value is -2.27. The lowest BCUT2D eigenvalue weighted by molar-refractivity contribution is 0.0526. The lowest BCUT2D eigenvalue weighted by Crippen LogP contribution is -2.41. The van der Waals surface area contributed by atoms with Crippen molar-refractivity contribution < 1.29 is 22.7 Å². The van der Waals surface area contributed by atoms with E-state index in [-0.39, 0.29) is 17.5 Å². The topological polar surface area (TPSA) is 96.0 Å². The first-order chi connectivity index (χ1) is 16.2. The van der Waals surface area contributed by atoms with Crippen molar-refractivity contribution in [2.24, 2.45) is 0 Å². The molecule has 0 bridgehead atoms. The maximum Gasteiger partial charge on any atom is 0.341 e. The lowest BCUT2D eigenvalue weighted by atomic mass is 10.0. The van der Waals surface area contributed by atoms with Crippen LogP contribution in [0.5, 0.6) is 0 Å². The molecule has 3 heterocycles. The number of piperidine rings is 1. The summed E-state index contributed by atoms with van der Waals surface area (Å²) in [6.45, 7) is 5.99. The van der Waals surface area contributed by atoms with E-state index in [1.54, 1.807) is 11.2 Å². The van der Waals surface area contributed by atoms with Gasteiger partial charge in [0.25, 0.3) is 5.91 Å². The van der Waals surface area contributed by atoms with E-state index in [2.05, 4.69) is 10.2 Å². The first-order valence-electron chi connectivity index (χ1n) is 11.7. The van der Waals surface area contributed by atoms with Crippen LogP contribution >= 0.6 is 11.3 Å². The molecule has 1 aromatic heterocycles. The van der Waals surface area contributed by atoms with Crippen molar-refractivity contribution in [3.8, 4) is 0 Å². The maximum atomic E-state index is 13.1. The van der Waals surface area contributed by atoms with Crippen LogP contribution in [0.1, 0.15) is 64.3 Å². The molecule has 1 aromatic carbocycles. The highest BCUT2D eigenvalue weighted by Gasteiger charge is 2.31. The molecule has 1 atom stereocenters. The van der Waals surface area contributed by atoms with E-state index in [0.29, 0.717) is 35.6 Å². The molecule has 2 aliphatic rings. The van der Waals surface area contributed by atoms with Crippen LogP contribution in [0.4, 0.5) is 5.00 Å². The first kappa shape index (κ1) is 24.8. The quantitative estimate of drug-likeness (QED) is 0.601. The number of anilines is 1. The van der Waals surface area contributed by atoms with Crippen LogP contribution in [-0.4, -0.2) is 62.3 Å². The van der Waals surface area contributed by atoms with Crippen LogP contribution in [0, 0.1) is 0 Å². The molecule has 0 aliphatic carbocycles. The van der Waals surface area contributed by atoms with Crippen LogP contribution in [-0.2, 0) is 27.7 Å². The van der Waals surface area contributed by atoms with Crippen LogP contribution in [0.25, 0.3) is 0 Å². The second kappa shape index (κ2) is 10.2. The normalized spacial score (nSPS) is 19.4. The van der Waals surface area contributed by atoms with Gasteiger partial charge >= 0.3 is 5.97 Å². The number of carbonyl (C=O) groups is 2. The number of rotatable bonds is 6. The highest BCUT2D eigenvalue weighted by atomic mass is 32.2. The van der Waals surface area contributed by atoms with Crippen molar-refractivity contribution in [3.63, 3.8) is 0 Å². The molecular formula is C24H31N3O5S2. The van der Waals surface area contributed by atoms with Crippen LogP contribution < -0.4 is 5.32 Å². The van der Waals surface area contributed by atoms with Crippen molar-refractivity contribution >= 4 is 38.2 Å². The van der Waals surface area contributed by atoms with E-state index in [9.17, 15) is 18.0 Å². The van der Waals surface area contributed by atoms with E-state index in [4.69, 9.17) is 4.74 Å². The Morgan fingerprint density at radius 2 is 1.91 bits per heavy atom. The molecule has 0 unspecified atom stereocenters. The highest BCUT2D eigenvalue weighted by Crippen LogP contribution is 2.37. The fraction of sp³-hybridized carbons (Fsp3) is 0.500. The van der Waals surface area contributed by atoms with Crippen LogP contribution in [0.15, 0.2) is 29.2 Å². The standard InChI is InChI=1S/C24H31N3O5S2/c1-4-32-24(29)21-19-12-14-26(3)15-20(19)33-23(21)25-22(28)17-8-10-18(11-9-17)34(30,31)27-13-6-5-7-16(27)2/h8-11,16H,4-7,12-15H2,1-3H3,(H,25,28)/t16-/m0/s1. The lowest BCUT2D eigenvalue weighted by Gasteiger charge is -2.32. The van der Waals surface area contributed by atoms with Gasteiger partial charge in [0, 0.05) is 36.1 Å². The zero-order valence-electron chi connectivity index (χ0n) is 19.8. The Labute approximate surface area is 204 Å². The van der Waals surface area contributed by atoms with Gasteiger partial charge in [-0.3, -0.25) is 4.79 Å². The highest BCUT2D eigenvalue weighted by molar-refractivity contribution is 7.89. The van der Waals surface area contributed by atoms with Crippen LogP contribution in [0.2, 0.25) is 0 Å². The number of esters is 1. The number of fused-ring (bicyclic) bond motifs is 1. The van der Waals surface area contributed by atoms with Gasteiger partial charge in [-0.1, -0.05) is 6.42 Å². The molecule has 2 aromatic rings. The molecule has 184 valence electrons. The fourth-order valence-corrected chi connectivity index (χ4v) is 7.57. The largest absolute Gasteiger partial charge is 0.462 e. The molecule has 10 heteroatoms. The summed E-state index contributed by atoms with van der Waals surface area (Å²) in [4.78, 5) is 29.1. The van der Waals surface area contributed by atoms with Gasteiger partial charge in [-0.05, 0) is 70.0 Å². The number of hydrogen-bond acceptors (Lipinski definition) is 7. The molecule has 0 saturated carbocycles. The van der Waals surface area contributed by atoms with Gasteiger partial charge in [-0.15, -0.1) is 11.3 Å². The summed E-state index contributed by atoms with van der Waals surface area (Å²) < 4.78 is 32.9. The summed E-state index contributed by atoms with van der Waals surface area (Å²) in [6, 6.07) is 5.95. The van der Waals surface area contributed by atoms with Gasteiger partial charge in [-0.25, -0.2) is 13.2 Å². The van der Waals surface area contributed by atoms with E-state index in [1.165, 1.54) is 35.6 Å². The van der Waals surface area contributed by atoms with Crippen molar-refractivity contribution in [1.29, 1.82) is 0 Å². The van der Waals surface area contributed by atoms with Gasteiger partial charge in [0.1, 0.15) is 5.00 Å². The van der Waals surface area contributed by atoms with Gasteiger partial charge in [-0.2, -0.15) is 4.31 Å². The number of hydrogen-bond donors (Lipinski definition) is 1. The van der Waals surface area contributed by atoms with Crippen molar-refractivity contribution in [2.45, 2.75) is 57.0 Å². The van der Waals surface area contributed by atoms with Crippen molar-refractivity contribution in [1.82, 2.24) is 9.21 Å². The number of thiophene rings is 1. The molecule has 1 amide bonds. The number of sulfonamides is 1. The van der Waals surface area contributed by atoms with E-state index in [0.717, 1.165) is 36.2 Å². The predicted octanol–water partition coefficient (Wildman–Crippen LogP) is 3.73. The Morgan fingerprint density at radius 1 is 1.18 bits per heavy atom. The summed E-state index contributed by atoms with van der Waals surface area (Å²) >= 11 is 1.39. The van der Waals surface area contributed by atoms with E-state index >= 15 is 0 Å². The average Bonchev–Trinajstić information content (AvgIpc) is 3.16. The zero-order valence-corrected chi connectivity index (χ0v) is 21.4. The molecule has 8 nitrogen and oxygen atoms in total. The van der Waals surface area contributed by atoms with Gasteiger partial charge < -0.3 is 15.0 Å². The number of nitrogens with one attached hydrogen (secondary N) is 1. The number of amides is 1. The minimum Gasteiger partial charge on any atom is -0.462 e. The molecule has 4 rings (SSSR count). The fourth-order valence-electron chi connectivity index (χ4n) is 4.56. The molecule has 1 N–H and O–H groups in total. The second-order valence-electron chi connectivity index (χ2n) is 8.86. The summed E-state index contributed by atoms with van der Waals surface area (Å²) in [5.74, 6) is -0.829. The number of nitrogens with zero attached hydrogens (tertiary/aromatic N) is 2. The maximum absolute atomic E-state index is 13.1. The Balaban J connectivity index is 1.56. The summed E-state index contributed by atoms with van der Waals surface area (Å²) in [5.41, 5.74) is 1.69. The SMILES string of the molecule is CCOC(=O)c1c(NC(=O)c2ccc(S(=O)(=O)N3CCCC[C@@H]3C)cc2)sc2c1CCN(C)C2. The number of benzene rings is 1. The molecule has 0 radical (unpaired) electrons. The minimum absolute atomic E-state index is 0.0353. The summed E-state index contributed by atoms with van der Waals surface area (Å²) in [5, 5.41) is 3.34. The van der Waals surface area contributed by atoms with Crippen molar-refractivity contribution in [2.75, 3.05) is 32.1 Å². The third-order valence-corrected chi connectivity index (χ3v) is 9.58. The molecule has 0 spiro atoms. The minimum atomic E-state index is -3.61. The van der Waals surface area contributed by atoms with Gasteiger partial charge in [0.05, 0.1) is 17.1 Å². The summed E-state index contributed by atoms with van der Waals surface area (Å²) in [7, 11) is -1.59. The molecular weight excluding hydrogens is 474 g/mol. The number of ether oxygens (including phenoxy) is 1. The smallest absolute Gasteiger partial charge is 0.341 e. The molecule has 2 aliphatic heterocycles. The Morgan fingerprint density at radius 3 is 2.59 bits per heavy atom. The van der Waals surface area contributed by atoms with Gasteiger partial charge in [0.15, 0.2) is 0 Å². The van der Waals surface area contributed by atoms with E-state index < -0.39 is 21.9 Å². The molecule has 34 heavy (non-hydrogen) atoms. The Bertz CT molecular complexity index is 1170.